The third kappa shape index (κ3) is 2.10. The van der Waals surface area contributed by atoms with Crippen LogP contribution < -0.4 is 0 Å². The highest BCUT2D eigenvalue weighted by Gasteiger charge is 2.05. The summed E-state index contributed by atoms with van der Waals surface area (Å²) in [5.41, 5.74) is 0.0556. The lowest BCUT2D eigenvalue weighted by Gasteiger charge is -1.95. The topological polar surface area (TPSA) is 50.2 Å². The van der Waals surface area contributed by atoms with E-state index in [1.54, 1.807) is 0 Å². The summed E-state index contributed by atoms with van der Waals surface area (Å²) in [6.07, 6.45) is 1.56. The first-order valence-corrected chi connectivity index (χ1v) is 3.49. The predicted octanol–water partition coefficient (Wildman–Crippen LogP) is 0.377. The number of aliphatic hydroxyl groups excluding tert-OH is 1. The van der Waals surface area contributed by atoms with E-state index in [9.17, 15) is 9.18 Å². The second-order valence-electron chi connectivity index (χ2n) is 2.14. The highest BCUT2D eigenvalue weighted by molar-refractivity contribution is 5.79. The van der Waals surface area contributed by atoms with Crippen molar-refractivity contribution >= 4 is 6.29 Å². The first kappa shape index (κ1) is 9.36. The fraction of sp³-hybridized carbons (Fsp3) is 0.111. The molecule has 0 spiro atoms. The van der Waals surface area contributed by atoms with Gasteiger partial charge in [0.2, 0.25) is 5.95 Å². The standard InChI is InChI=1S/C9H6FNO2/c10-9-8(6-13)7(2-1-5-12)3-4-11-9/h3-4,6,12H,5H2. The van der Waals surface area contributed by atoms with Crippen molar-refractivity contribution in [3.8, 4) is 11.8 Å². The van der Waals surface area contributed by atoms with Gasteiger partial charge in [-0.05, 0) is 6.07 Å². The minimum Gasteiger partial charge on any atom is -0.384 e. The summed E-state index contributed by atoms with van der Waals surface area (Å²) in [4.78, 5) is 13.7. The quantitative estimate of drug-likeness (QED) is 0.385. The molecular formula is C9H6FNO2. The predicted molar refractivity (Wildman–Crippen MR) is 43.5 cm³/mol. The van der Waals surface area contributed by atoms with E-state index in [0.717, 1.165) is 0 Å². The van der Waals surface area contributed by atoms with E-state index in [1.807, 2.05) is 0 Å². The molecule has 0 aliphatic carbocycles. The van der Waals surface area contributed by atoms with Crippen molar-refractivity contribution in [1.29, 1.82) is 0 Å². The van der Waals surface area contributed by atoms with Crippen LogP contribution in [0.15, 0.2) is 12.3 Å². The smallest absolute Gasteiger partial charge is 0.224 e. The van der Waals surface area contributed by atoms with Gasteiger partial charge < -0.3 is 5.11 Å². The molecule has 0 fully saturated rings. The zero-order chi connectivity index (χ0) is 9.68. The monoisotopic (exact) mass is 179 g/mol. The van der Waals surface area contributed by atoms with Gasteiger partial charge in [0.1, 0.15) is 6.61 Å². The summed E-state index contributed by atoms with van der Waals surface area (Å²) in [7, 11) is 0. The van der Waals surface area contributed by atoms with Crippen molar-refractivity contribution in [2.24, 2.45) is 0 Å². The number of rotatable bonds is 1. The normalized spacial score (nSPS) is 8.77. The number of pyridine rings is 1. The Balaban J connectivity index is 3.20. The molecule has 0 aliphatic heterocycles. The molecular weight excluding hydrogens is 173 g/mol. The van der Waals surface area contributed by atoms with E-state index in [2.05, 4.69) is 16.8 Å². The zero-order valence-electron chi connectivity index (χ0n) is 6.62. The summed E-state index contributed by atoms with van der Waals surface area (Å²) < 4.78 is 12.8. The number of halogens is 1. The summed E-state index contributed by atoms with van der Waals surface area (Å²) >= 11 is 0. The summed E-state index contributed by atoms with van der Waals surface area (Å²) in [6, 6.07) is 1.41. The third-order valence-corrected chi connectivity index (χ3v) is 1.36. The number of hydrogen-bond acceptors (Lipinski definition) is 3. The highest BCUT2D eigenvalue weighted by atomic mass is 19.1. The lowest BCUT2D eigenvalue weighted by molar-refractivity contribution is 0.111. The van der Waals surface area contributed by atoms with Gasteiger partial charge in [0.15, 0.2) is 6.29 Å². The van der Waals surface area contributed by atoms with Crippen LogP contribution in [0.2, 0.25) is 0 Å². The summed E-state index contributed by atoms with van der Waals surface area (Å²) in [6.45, 7) is -0.331. The molecule has 4 heteroatoms. The van der Waals surface area contributed by atoms with Crippen LogP contribution in [-0.2, 0) is 0 Å². The van der Waals surface area contributed by atoms with Crippen LogP contribution in [0.5, 0.6) is 0 Å². The molecule has 3 nitrogen and oxygen atoms in total. The van der Waals surface area contributed by atoms with E-state index in [4.69, 9.17) is 5.11 Å². The molecule has 1 N–H and O–H groups in total. The van der Waals surface area contributed by atoms with Crippen molar-refractivity contribution in [2.45, 2.75) is 0 Å². The van der Waals surface area contributed by atoms with Gasteiger partial charge in [-0.25, -0.2) is 4.98 Å². The lowest BCUT2D eigenvalue weighted by Crippen LogP contribution is -1.95. The van der Waals surface area contributed by atoms with E-state index < -0.39 is 5.95 Å². The number of carbonyl (C=O) groups is 1. The number of aromatic nitrogens is 1. The number of nitrogens with zero attached hydrogens (tertiary/aromatic N) is 1. The number of aldehydes is 1. The maximum absolute atomic E-state index is 12.8. The van der Waals surface area contributed by atoms with Crippen LogP contribution in [-0.4, -0.2) is 23.0 Å². The molecule has 0 aromatic carbocycles. The van der Waals surface area contributed by atoms with Gasteiger partial charge in [0.05, 0.1) is 5.56 Å². The molecule has 0 radical (unpaired) electrons. The Hall–Kier alpha value is -1.73. The van der Waals surface area contributed by atoms with Crippen LogP contribution in [0.25, 0.3) is 0 Å². The van der Waals surface area contributed by atoms with Crippen LogP contribution in [0.3, 0.4) is 0 Å². The number of aliphatic hydroxyl groups is 1. The third-order valence-electron chi connectivity index (χ3n) is 1.36. The minimum atomic E-state index is -0.847. The Kier molecular flexibility index (Phi) is 3.12. The maximum Gasteiger partial charge on any atom is 0.224 e. The van der Waals surface area contributed by atoms with Gasteiger partial charge in [-0.1, -0.05) is 11.8 Å². The Bertz CT molecular complexity index is 379. The molecule has 0 saturated heterocycles. The van der Waals surface area contributed by atoms with Crippen molar-refractivity contribution < 1.29 is 14.3 Å². The molecule has 0 amide bonds. The van der Waals surface area contributed by atoms with E-state index in [0.29, 0.717) is 6.29 Å². The second kappa shape index (κ2) is 4.33. The van der Waals surface area contributed by atoms with Crippen LogP contribution in [0.4, 0.5) is 4.39 Å². The molecule has 1 heterocycles. The molecule has 1 aromatic heterocycles. The Morgan fingerprint density at radius 2 is 2.46 bits per heavy atom. The molecule has 0 aliphatic rings. The molecule has 0 atom stereocenters. The van der Waals surface area contributed by atoms with Gasteiger partial charge in [0.25, 0.3) is 0 Å². The first-order chi connectivity index (χ1) is 6.29. The van der Waals surface area contributed by atoms with Crippen molar-refractivity contribution in [2.75, 3.05) is 6.61 Å². The zero-order valence-corrected chi connectivity index (χ0v) is 6.62. The molecule has 0 unspecified atom stereocenters. The SMILES string of the molecule is O=Cc1c(C#CCO)ccnc1F. The first-order valence-electron chi connectivity index (χ1n) is 3.49. The summed E-state index contributed by atoms with van der Waals surface area (Å²) in [5.74, 6) is 3.91. The van der Waals surface area contributed by atoms with Crippen molar-refractivity contribution in [1.82, 2.24) is 4.98 Å². The van der Waals surface area contributed by atoms with Crippen molar-refractivity contribution in [3.05, 3.63) is 29.3 Å². The van der Waals surface area contributed by atoms with Gasteiger partial charge in [-0.3, -0.25) is 4.79 Å². The number of hydrogen-bond donors (Lipinski definition) is 1. The number of carbonyl (C=O) groups excluding carboxylic acids is 1. The van der Waals surface area contributed by atoms with Crippen LogP contribution >= 0.6 is 0 Å². The van der Waals surface area contributed by atoms with E-state index in [-0.39, 0.29) is 17.7 Å². The van der Waals surface area contributed by atoms with Crippen molar-refractivity contribution in [3.63, 3.8) is 0 Å². The molecule has 1 aromatic rings. The lowest BCUT2D eigenvalue weighted by atomic mass is 10.1. The summed E-state index contributed by atoms with van der Waals surface area (Å²) in [5, 5.41) is 8.39. The average molecular weight is 179 g/mol. The Morgan fingerprint density at radius 3 is 3.08 bits per heavy atom. The van der Waals surface area contributed by atoms with E-state index in [1.165, 1.54) is 12.3 Å². The molecule has 0 saturated carbocycles. The van der Waals surface area contributed by atoms with Gasteiger partial charge >= 0.3 is 0 Å². The fourth-order valence-corrected chi connectivity index (χ4v) is 0.804. The van der Waals surface area contributed by atoms with Crippen LogP contribution in [0, 0.1) is 17.8 Å². The maximum atomic E-state index is 12.8. The van der Waals surface area contributed by atoms with Crippen LogP contribution in [0.1, 0.15) is 15.9 Å². The van der Waals surface area contributed by atoms with Gasteiger partial charge in [-0.2, -0.15) is 4.39 Å². The molecule has 0 bridgehead atoms. The molecule has 13 heavy (non-hydrogen) atoms. The average Bonchev–Trinajstić information content (AvgIpc) is 2.15. The Morgan fingerprint density at radius 1 is 1.69 bits per heavy atom. The van der Waals surface area contributed by atoms with Gasteiger partial charge in [-0.15, -0.1) is 0 Å². The minimum absolute atomic E-state index is 0.177. The second-order valence-corrected chi connectivity index (χ2v) is 2.14. The largest absolute Gasteiger partial charge is 0.384 e. The highest BCUT2D eigenvalue weighted by Crippen LogP contribution is 2.06. The molecule has 66 valence electrons. The fourth-order valence-electron chi connectivity index (χ4n) is 0.804. The Labute approximate surface area is 74.2 Å². The van der Waals surface area contributed by atoms with Gasteiger partial charge in [0, 0.05) is 11.8 Å². The van der Waals surface area contributed by atoms with E-state index >= 15 is 0 Å². The molecule has 1 rings (SSSR count).